The van der Waals surface area contributed by atoms with E-state index in [9.17, 15) is 31.9 Å². The summed E-state index contributed by atoms with van der Waals surface area (Å²) in [7, 11) is -3.28. The molecule has 6 aliphatic rings. The minimum Gasteiger partial charge on any atom is -0.392 e. The number of nitrogens with one attached hydrogen (secondary N) is 13. The monoisotopic (exact) mass is 2040 g/mol. The number of rotatable bonds is 28. The van der Waals surface area contributed by atoms with E-state index in [-0.39, 0.29) is 47.9 Å². The molecular formula is C98H124Cl4F3N31O5S. The number of sulfonamides is 1. The summed E-state index contributed by atoms with van der Waals surface area (Å²) in [6.07, 6.45) is 14.2. The molecule has 0 radical (unpaired) electrons. The summed E-state index contributed by atoms with van der Waals surface area (Å²) in [6, 6.07) is 23.4. The van der Waals surface area contributed by atoms with E-state index in [1.807, 2.05) is 71.6 Å². The third-order valence-electron chi connectivity index (χ3n) is 26.6. The molecule has 1 aliphatic carbocycles. The lowest BCUT2D eigenvalue weighted by atomic mass is 9.85. The number of amides is 4. The molecule has 5 aliphatic heterocycles. The second-order valence-electron chi connectivity index (χ2n) is 37.6. The summed E-state index contributed by atoms with van der Waals surface area (Å²) in [5, 5.41) is 67.4. The third kappa shape index (κ3) is 27.4. The zero-order valence-electron chi connectivity index (χ0n) is 81.7. The van der Waals surface area contributed by atoms with Crippen LogP contribution in [0.25, 0.3) is 0 Å². The van der Waals surface area contributed by atoms with Crippen LogP contribution in [0.15, 0.2) is 97.6 Å². The molecule has 756 valence electrons. The summed E-state index contributed by atoms with van der Waals surface area (Å²) < 4.78 is 69.1. The van der Waals surface area contributed by atoms with E-state index in [1.165, 1.54) is 34.0 Å². The molecule has 18 rings (SSSR count). The first kappa shape index (κ1) is 104. The van der Waals surface area contributed by atoms with Crippen molar-refractivity contribution in [3.8, 4) is 0 Å². The fourth-order valence-corrected chi connectivity index (χ4v) is 20.8. The average molecular weight is 2050 g/mol. The summed E-state index contributed by atoms with van der Waals surface area (Å²) >= 11 is 25.1. The number of primary amides is 1. The maximum absolute atomic E-state index is 15.1. The minimum absolute atomic E-state index is 0.00325. The van der Waals surface area contributed by atoms with Gasteiger partial charge in [-0.1, -0.05) is 64.6 Å². The first-order valence-electron chi connectivity index (χ1n) is 47.9. The molecule has 2 atom stereocenters. The van der Waals surface area contributed by atoms with Crippen LogP contribution in [0.1, 0.15) is 185 Å². The molecule has 5 saturated heterocycles. The van der Waals surface area contributed by atoms with Gasteiger partial charge in [0.2, 0.25) is 33.8 Å². The standard InChI is InChI=1S/C28H39ClN8O3S.C24H27ClF3N7.C24H31ClN8O.C22H27ClN8O/c1-18-14-25(31-28-30-16-24(29)27(33-28)32-26-15-20(3)34-35-26)19(2)13-23(18)21-5-10-37(11-6-21)41(39,40)12-4-8-36-9-7-22(38)17-36;1-13-7-20(30-23-29-11-18(25)22(32-23)31-21-8-14(2)33-34-21)19(26)9-17(13)15-3-5-35(6-4-15)12-16-10-24(16,27)28;1-5-26-24(34)33-8-6-17(7-9-33)18-10-15(3)20(11-14(18)2)28-23-27-13-19(25)22(30-23)29-21-12-16(4)31-32-21;1-12-9-18(13(2)8-16(12)15-4-6-31(7-5-15)21(24)32)26-22-25-11-17(23)20(28-22)27-19-10-14(3)29-30-19/h13-16,21-22,38H,4-12,17H2,1-3H3,(H3,30,31,32,33,34,35);7-9,11,15-16H,3-6,10,12H2,1-2H3,(H3,29,30,31,32,33,34);10-13,17H,5-9H2,1-4H3,(H,26,34)(H3,27,28,29,30,31,32);8-11,15H,4-7H2,1-3H3,(H2,24,32)(H3,25,26,27,28,29,30)/t22-;;;/m1.../s1. The number of alkyl halides is 2. The smallest absolute Gasteiger partial charge is 0.317 e. The Bertz CT molecular complexity index is 6560. The van der Waals surface area contributed by atoms with Crippen molar-refractivity contribution in [2.45, 2.75) is 189 Å². The number of urea groups is 2. The fraction of sp³-hybridized carbons (Fsp3) is 0.449. The topological polar surface area (TPSA) is 457 Å². The van der Waals surface area contributed by atoms with Gasteiger partial charge in [0.1, 0.15) is 25.9 Å². The highest BCUT2D eigenvalue weighted by atomic mass is 35.5. The minimum atomic E-state index is -3.28. The van der Waals surface area contributed by atoms with Crippen molar-refractivity contribution in [3.05, 3.63) is 207 Å². The number of hydrogen-bond donors (Lipinski definition) is 15. The van der Waals surface area contributed by atoms with E-state index >= 15 is 4.39 Å². The molecule has 4 amide bonds. The number of aromatic amines is 4. The number of nitrogens with two attached hydrogens (primary N) is 1. The van der Waals surface area contributed by atoms with E-state index in [2.05, 4.69) is 209 Å². The highest BCUT2D eigenvalue weighted by molar-refractivity contribution is 7.89. The number of aliphatic hydroxyl groups is 1. The number of β-amino-alcohol motifs (C(OH)–C–C–N with tert-alkyl or cyclic N) is 1. The molecule has 12 aromatic rings. The molecule has 142 heavy (non-hydrogen) atoms. The Hall–Kier alpha value is -12.3. The number of H-pyrrole nitrogens is 4. The van der Waals surface area contributed by atoms with Gasteiger partial charge in [-0.25, -0.2) is 55.4 Å². The summed E-state index contributed by atoms with van der Waals surface area (Å²) in [6.45, 7) is 32.9. The van der Waals surface area contributed by atoms with Gasteiger partial charge >= 0.3 is 12.1 Å². The van der Waals surface area contributed by atoms with Gasteiger partial charge in [-0.15, -0.1) is 0 Å². The molecule has 13 heterocycles. The number of hydrogen-bond acceptors (Lipinski definition) is 27. The number of piperidine rings is 4. The Morgan fingerprint density at radius 3 is 1.09 bits per heavy atom. The Morgan fingerprint density at radius 2 is 0.768 bits per heavy atom. The highest BCUT2D eigenvalue weighted by Gasteiger charge is 2.57. The molecule has 16 N–H and O–H groups in total. The van der Waals surface area contributed by atoms with Crippen molar-refractivity contribution in [1.29, 1.82) is 0 Å². The van der Waals surface area contributed by atoms with Crippen LogP contribution in [-0.4, -0.2) is 233 Å². The first-order chi connectivity index (χ1) is 67.9. The number of carbonyl (C=O) groups is 2. The molecule has 1 saturated carbocycles. The van der Waals surface area contributed by atoms with Crippen molar-refractivity contribution in [2.75, 3.05) is 133 Å². The predicted octanol–water partition coefficient (Wildman–Crippen LogP) is 19.9. The SMILES string of the molecule is CCNC(=O)N1CCC(c2cc(C)c(Nc3ncc(Cl)c(Nc4cc(C)[nH]n4)n3)cc2C)CC1.Cc1cc(Nc2nc(Nc3cc(C)c(C4CCN(C(N)=O)CC4)cc3C)ncc2Cl)n[nH]1.Cc1cc(Nc2nc(Nc3cc(C)c(C4CCN(CC5CC5(F)F)CC4)cc3F)ncc2Cl)n[nH]1.Cc1cc(Nc2nc(Nc3cc(C)c(C4CCN(S(=O)(=O)CCCN5CC[C@@H](O)C5)CC4)cc3C)ncc2Cl)n[nH]1. The van der Waals surface area contributed by atoms with Gasteiger partial charge in [0.05, 0.1) is 42.3 Å². The van der Waals surface area contributed by atoms with Crippen molar-refractivity contribution in [2.24, 2.45) is 11.7 Å². The quantitative estimate of drug-likeness (QED) is 0.0216. The second-order valence-corrected chi connectivity index (χ2v) is 41.3. The molecule has 8 aromatic heterocycles. The maximum atomic E-state index is 15.1. The zero-order valence-corrected chi connectivity index (χ0v) is 85.5. The summed E-state index contributed by atoms with van der Waals surface area (Å²) in [5.74, 6) is 3.84. The van der Waals surface area contributed by atoms with Crippen LogP contribution in [0.4, 0.5) is 116 Å². The van der Waals surface area contributed by atoms with Gasteiger partial charge < -0.3 is 78.3 Å². The number of aryl methyl sites for hydroxylation is 11. The molecule has 4 aromatic carbocycles. The predicted molar refractivity (Wildman–Crippen MR) is 553 cm³/mol. The van der Waals surface area contributed by atoms with E-state index in [1.54, 1.807) is 46.0 Å². The molecule has 6 fully saturated rings. The molecule has 1 unspecified atom stereocenters. The number of nitrogens with zero attached hydrogens (tertiary/aromatic N) is 17. The Balaban J connectivity index is 0.000000143. The number of anilines is 16. The lowest BCUT2D eigenvalue weighted by Gasteiger charge is -2.33. The normalized spacial score (nSPS) is 17.1. The fourth-order valence-electron chi connectivity index (χ4n) is 18.8. The van der Waals surface area contributed by atoms with Crippen LogP contribution < -0.4 is 53.6 Å². The lowest BCUT2D eigenvalue weighted by Crippen LogP contribution is -2.44. The number of aromatic nitrogens is 16. The number of aliphatic hydroxyl groups excluding tert-OH is 1. The number of carbonyl (C=O) groups excluding carboxylic acids is 2. The lowest BCUT2D eigenvalue weighted by molar-refractivity contribution is 0.0831. The highest BCUT2D eigenvalue weighted by Crippen LogP contribution is 2.50. The van der Waals surface area contributed by atoms with Gasteiger partial charge in [-0.3, -0.25) is 20.4 Å². The molecule has 44 heteroatoms. The largest absolute Gasteiger partial charge is 0.392 e. The van der Waals surface area contributed by atoms with Crippen LogP contribution in [0.5, 0.6) is 0 Å². The van der Waals surface area contributed by atoms with Crippen molar-refractivity contribution < 1.29 is 36.3 Å². The maximum Gasteiger partial charge on any atom is 0.317 e. The second kappa shape index (κ2) is 46.4. The Labute approximate surface area is 844 Å². The van der Waals surface area contributed by atoms with E-state index < -0.39 is 27.7 Å². The van der Waals surface area contributed by atoms with Crippen LogP contribution >= 0.6 is 46.4 Å². The Kier molecular flexibility index (Phi) is 34.0. The third-order valence-corrected chi connectivity index (χ3v) is 29.7. The molecule has 0 spiro atoms. The molecule has 0 bridgehead atoms. The van der Waals surface area contributed by atoms with E-state index in [0.29, 0.717) is 161 Å². The summed E-state index contributed by atoms with van der Waals surface area (Å²) in [5.41, 5.74) is 24.8. The first-order valence-corrected chi connectivity index (χ1v) is 51.0. The number of halogens is 7. The Morgan fingerprint density at radius 1 is 0.444 bits per heavy atom. The summed E-state index contributed by atoms with van der Waals surface area (Å²) in [4.78, 5) is 66.5. The van der Waals surface area contributed by atoms with Crippen molar-refractivity contribution >= 4 is 162 Å². The molecule has 36 nitrogen and oxygen atoms in total. The zero-order chi connectivity index (χ0) is 101. The van der Waals surface area contributed by atoms with Gasteiger partial charge in [0.25, 0.3) is 5.92 Å². The van der Waals surface area contributed by atoms with E-state index in [0.717, 1.165) is 164 Å². The van der Waals surface area contributed by atoms with Gasteiger partial charge in [-0.2, -0.15) is 40.3 Å². The van der Waals surface area contributed by atoms with Gasteiger partial charge in [0, 0.05) is 142 Å². The number of likely N-dealkylation sites (tertiary alicyclic amines) is 4. The van der Waals surface area contributed by atoms with Crippen molar-refractivity contribution in [1.82, 2.24) is 110 Å². The van der Waals surface area contributed by atoms with Crippen LogP contribution in [0, 0.1) is 87.9 Å². The van der Waals surface area contributed by atoms with Crippen LogP contribution in [0.3, 0.4) is 0 Å². The average Bonchev–Trinajstić information content (AvgIpc) is 1.61. The van der Waals surface area contributed by atoms with Crippen LogP contribution in [0.2, 0.25) is 20.1 Å². The van der Waals surface area contributed by atoms with Crippen LogP contribution in [-0.2, 0) is 10.0 Å². The van der Waals surface area contributed by atoms with Gasteiger partial charge in [-0.05, 0) is 282 Å². The van der Waals surface area contributed by atoms with E-state index in [4.69, 9.17) is 52.1 Å². The van der Waals surface area contributed by atoms with Crippen molar-refractivity contribution in [3.63, 3.8) is 0 Å². The van der Waals surface area contributed by atoms with Gasteiger partial charge in [0.15, 0.2) is 46.5 Å². The number of benzene rings is 4. The molecular weight excluding hydrogens is 1920 g/mol.